The number of nitrogens with one attached hydrogen (secondary N) is 2. The summed E-state index contributed by atoms with van der Waals surface area (Å²) in [6, 6.07) is 5.22. The molecule has 9 heteroatoms. The van der Waals surface area contributed by atoms with Crippen LogP contribution < -0.4 is 10.6 Å². The first kappa shape index (κ1) is 18.3. The predicted octanol–water partition coefficient (Wildman–Crippen LogP) is 0.526. The second kappa shape index (κ2) is 7.16. The molecule has 0 radical (unpaired) electrons. The Hall–Kier alpha value is -3.07. The molecular formula is C19H22N6O3. The summed E-state index contributed by atoms with van der Waals surface area (Å²) in [7, 11) is 0. The molecule has 0 bridgehead atoms. The van der Waals surface area contributed by atoms with Gasteiger partial charge in [0.15, 0.2) is 0 Å². The van der Waals surface area contributed by atoms with E-state index in [2.05, 4.69) is 34.8 Å². The van der Waals surface area contributed by atoms with E-state index in [-0.39, 0.29) is 18.2 Å². The minimum absolute atomic E-state index is 0.184. The zero-order chi connectivity index (χ0) is 19.8. The average Bonchev–Trinajstić information content (AvgIpc) is 3.25. The van der Waals surface area contributed by atoms with E-state index in [0.717, 1.165) is 16.9 Å². The van der Waals surface area contributed by atoms with Crippen molar-refractivity contribution in [3.8, 4) is 5.69 Å². The van der Waals surface area contributed by atoms with Crippen molar-refractivity contribution in [1.29, 1.82) is 0 Å². The summed E-state index contributed by atoms with van der Waals surface area (Å²) >= 11 is 0. The smallest absolute Gasteiger partial charge is 0.255 e. The fourth-order valence-corrected chi connectivity index (χ4v) is 3.52. The van der Waals surface area contributed by atoms with E-state index in [9.17, 15) is 14.4 Å². The number of aromatic nitrogens is 3. The quantitative estimate of drug-likeness (QED) is 0.730. The van der Waals surface area contributed by atoms with Crippen molar-refractivity contribution in [2.45, 2.75) is 51.9 Å². The molecule has 1 saturated heterocycles. The summed E-state index contributed by atoms with van der Waals surface area (Å²) in [6.07, 6.45) is 2.45. The van der Waals surface area contributed by atoms with Crippen molar-refractivity contribution in [2.24, 2.45) is 0 Å². The summed E-state index contributed by atoms with van der Waals surface area (Å²) in [4.78, 5) is 37.8. The molecule has 0 aliphatic carbocycles. The number of nitrogens with zero attached hydrogens (tertiary/aromatic N) is 4. The maximum absolute atomic E-state index is 12.7. The van der Waals surface area contributed by atoms with E-state index >= 15 is 0 Å². The van der Waals surface area contributed by atoms with Crippen molar-refractivity contribution >= 4 is 17.7 Å². The molecule has 3 amide bonds. The monoisotopic (exact) mass is 382 g/mol. The number of carbonyl (C=O) groups excluding carboxylic acids is 3. The van der Waals surface area contributed by atoms with Crippen LogP contribution >= 0.6 is 0 Å². The number of hydrogen-bond acceptors (Lipinski definition) is 6. The van der Waals surface area contributed by atoms with Crippen LogP contribution in [-0.4, -0.2) is 49.7 Å². The van der Waals surface area contributed by atoms with E-state index in [1.54, 1.807) is 10.7 Å². The molecule has 0 spiro atoms. The Morgan fingerprint density at radius 1 is 1.29 bits per heavy atom. The van der Waals surface area contributed by atoms with Crippen molar-refractivity contribution in [3.63, 3.8) is 0 Å². The van der Waals surface area contributed by atoms with Crippen molar-refractivity contribution < 1.29 is 14.4 Å². The normalized spacial score (nSPS) is 19.3. The zero-order valence-electron chi connectivity index (χ0n) is 15.8. The molecule has 1 aromatic heterocycles. The van der Waals surface area contributed by atoms with Crippen LogP contribution in [0.1, 0.15) is 48.3 Å². The fraction of sp³-hybridized carbons (Fsp3) is 0.421. The molecule has 2 aliphatic heterocycles. The lowest BCUT2D eigenvalue weighted by atomic mass is 10.0. The van der Waals surface area contributed by atoms with Gasteiger partial charge in [-0.2, -0.15) is 0 Å². The van der Waals surface area contributed by atoms with Gasteiger partial charge in [-0.1, -0.05) is 19.1 Å². The molecule has 2 aromatic rings. The Balaban J connectivity index is 1.53. The number of hydrogen-bond donors (Lipinski definition) is 2. The van der Waals surface area contributed by atoms with Crippen LogP contribution in [-0.2, 0) is 22.7 Å². The average molecular weight is 382 g/mol. The molecule has 146 valence electrons. The van der Waals surface area contributed by atoms with E-state index in [1.165, 1.54) is 4.90 Å². The first-order chi connectivity index (χ1) is 13.4. The van der Waals surface area contributed by atoms with E-state index in [0.29, 0.717) is 31.1 Å². The molecular weight excluding hydrogens is 360 g/mol. The Kier molecular flexibility index (Phi) is 4.68. The minimum Gasteiger partial charge on any atom is -0.322 e. The van der Waals surface area contributed by atoms with Crippen molar-refractivity contribution in [1.82, 2.24) is 30.5 Å². The van der Waals surface area contributed by atoms with Crippen LogP contribution in [0.4, 0.5) is 0 Å². The van der Waals surface area contributed by atoms with E-state index < -0.39 is 11.9 Å². The number of amides is 3. The van der Waals surface area contributed by atoms with E-state index in [1.807, 2.05) is 18.3 Å². The summed E-state index contributed by atoms with van der Waals surface area (Å²) in [6.45, 7) is 5.10. The highest BCUT2D eigenvalue weighted by Gasteiger charge is 2.39. The molecule has 3 heterocycles. The minimum atomic E-state index is -0.610. The van der Waals surface area contributed by atoms with Crippen molar-refractivity contribution in [2.75, 3.05) is 0 Å². The number of rotatable bonds is 5. The van der Waals surface area contributed by atoms with Gasteiger partial charge in [0.25, 0.3) is 5.91 Å². The second-order valence-corrected chi connectivity index (χ2v) is 7.43. The molecule has 2 N–H and O–H groups in total. The first-order valence-corrected chi connectivity index (χ1v) is 9.35. The Morgan fingerprint density at radius 3 is 2.86 bits per heavy atom. The van der Waals surface area contributed by atoms with Gasteiger partial charge in [0, 0.05) is 31.1 Å². The number of piperidine rings is 1. The zero-order valence-corrected chi connectivity index (χ0v) is 15.8. The lowest BCUT2D eigenvalue weighted by molar-refractivity contribution is -0.136. The van der Waals surface area contributed by atoms with Gasteiger partial charge in [0.2, 0.25) is 11.8 Å². The van der Waals surface area contributed by atoms with Gasteiger partial charge in [-0.25, -0.2) is 4.68 Å². The third-order valence-corrected chi connectivity index (χ3v) is 5.00. The molecule has 1 atom stereocenters. The number of fused-ring (bicyclic) bond motifs is 1. The van der Waals surface area contributed by atoms with Crippen LogP contribution in [0.2, 0.25) is 0 Å². The van der Waals surface area contributed by atoms with Crippen LogP contribution in [0.3, 0.4) is 0 Å². The Bertz CT molecular complexity index is 951. The fourth-order valence-electron chi connectivity index (χ4n) is 3.52. The largest absolute Gasteiger partial charge is 0.322 e. The standard InChI is InChI=1S/C19H22N6O3/c1-11(2)20-8-13-10-25(23-22-13)14-3-4-15-12(7-14)9-24(19(15)28)16-5-6-17(26)21-18(16)27/h3-4,7,10-11,16,20H,5-6,8-9H2,1-2H3,(H,21,26,27). The number of carbonyl (C=O) groups is 3. The maximum Gasteiger partial charge on any atom is 0.255 e. The van der Waals surface area contributed by atoms with Gasteiger partial charge in [0.1, 0.15) is 6.04 Å². The van der Waals surface area contributed by atoms with Crippen LogP contribution in [0, 0.1) is 0 Å². The van der Waals surface area contributed by atoms with Gasteiger partial charge >= 0.3 is 0 Å². The first-order valence-electron chi connectivity index (χ1n) is 9.35. The molecule has 28 heavy (non-hydrogen) atoms. The van der Waals surface area contributed by atoms with Gasteiger partial charge < -0.3 is 10.2 Å². The van der Waals surface area contributed by atoms with Crippen LogP contribution in [0.25, 0.3) is 5.69 Å². The van der Waals surface area contributed by atoms with Gasteiger partial charge in [-0.15, -0.1) is 5.10 Å². The molecule has 2 aliphatic rings. The molecule has 1 unspecified atom stereocenters. The summed E-state index contributed by atoms with van der Waals surface area (Å²) in [5, 5.41) is 13.9. The maximum atomic E-state index is 12.7. The number of imide groups is 1. The Morgan fingerprint density at radius 2 is 2.11 bits per heavy atom. The van der Waals surface area contributed by atoms with Crippen molar-refractivity contribution in [3.05, 3.63) is 41.2 Å². The van der Waals surface area contributed by atoms with Crippen LogP contribution in [0.5, 0.6) is 0 Å². The summed E-state index contributed by atoms with van der Waals surface area (Å²) in [5.74, 6) is -0.880. The molecule has 1 aromatic carbocycles. The summed E-state index contributed by atoms with van der Waals surface area (Å²) < 4.78 is 1.68. The highest BCUT2D eigenvalue weighted by atomic mass is 16.2. The van der Waals surface area contributed by atoms with Gasteiger partial charge in [-0.05, 0) is 30.2 Å². The van der Waals surface area contributed by atoms with Crippen LogP contribution in [0.15, 0.2) is 24.4 Å². The van der Waals surface area contributed by atoms with Gasteiger partial charge in [-0.3, -0.25) is 19.7 Å². The highest BCUT2D eigenvalue weighted by Crippen LogP contribution is 2.28. The lowest BCUT2D eigenvalue weighted by Gasteiger charge is -2.29. The van der Waals surface area contributed by atoms with Gasteiger partial charge in [0.05, 0.1) is 17.6 Å². The second-order valence-electron chi connectivity index (χ2n) is 7.43. The molecule has 4 rings (SSSR count). The molecule has 1 fully saturated rings. The number of benzene rings is 1. The Labute approximate surface area is 162 Å². The summed E-state index contributed by atoms with van der Waals surface area (Å²) in [5.41, 5.74) is 3.05. The highest BCUT2D eigenvalue weighted by molar-refractivity contribution is 6.05. The third kappa shape index (κ3) is 3.40. The predicted molar refractivity (Wildman–Crippen MR) is 99.4 cm³/mol. The molecule has 9 nitrogen and oxygen atoms in total. The third-order valence-electron chi connectivity index (χ3n) is 5.00. The lowest BCUT2D eigenvalue weighted by Crippen LogP contribution is -2.52. The SMILES string of the molecule is CC(C)NCc1cn(-c2ccc3c(c2)CN(C2CCC(=O)NC2=O)C3=O)nn1. The van der Waals surface area contributed by atoms with E-state index in [4.69, 9.17) is 0 Å². The molecule has 0 saturated carbocycles. The topological polar surface area (TPSA) is 109 Å².